The van der Waals surface area contributed by atoms with Crippen molar-refractivity contribution in [3.8, 4) is 0 Å². The van der Waals surface area contributed by atoms with E-state index >= 15 is 0 Å². The van der Waals surface area contributed by atoms with E-state index in [2.05, 4.69) is 4.74 Å². The third kappa shape index (κ3) is 6.73. The largest absolute Gasteiger partial charge is 0.481 e. The van der Waals surface area contributed by atoms with Crippen LogP contribution in [0, 0.1) is 0 Å². The van der Waals surface area contributed by atoms with Gasteiger partial charge in [-0.25, -0.2) is 0 Å². The van der Waals surface area contributed by atoms with Crippen molar-refractivity contribution in [1.82, 2.24) is 0 Å². The van der Waals surface area contributed by atoms with Gasteiger partial charge in [-0.05, 0) is 6.92 Å². The summed E-state index contributed by atoms with van der Waals surface area (Å²) in [5.74, 6) is -2.15. The van der Waals surface area contributed by atoms with E-state index in [1.807, 2.05) is 0 Å². The third-order valence-electron chi connectivity index (χ3n) is 1.01. The maximum Gasteiger partial charge on any atom is 0.317 e. The van der Waals surface area contributed by atoms with Crippen molar-refractivity contribution < 1.29 is 24.2 Å². The molecule has 0 spiro atoms. The van der Waals surface area contributed by atoms with E-state index in [0.717, 1.165) is 0 Å². The topological polar surface area (TPSA) is 80.7 Å². The monoisotopic (exact) mass is 174 g/mol. The zero-order valence-corrected chi connectivity index (χ0v) is 6.70. The second-order valence-corrected chi connectivity index (χ2v) is 2.24. The molecular weight excluding hydrogens is 164 g/mol. The number of hydrogen-bond donors (Lipinski definition) is 1. The predicted molar refractivity (Wildman–Crippen MR) is 38.5 cm³/mol. The normalized spacial score (nSPS) is 9.08. The van der Waals surface area contributed by atoms with Crippen molar-refractivity contribution in [3.05, 3.63) is 0 Å². The fourth-order valence-corrected chi connectivity index (χ4v) is 0.483. The van der Waals surface area contributed by atoms with Crippen molar-refractivity contribution in [1.29, 1.82) is 0 Å². The van der Waals surface area contributed by atoms with Gasteiger partial charge in [-0.3, -0.25) is 14.4 Å². The van der Waals surface area contributed by atoms with Crippen LogP contribution in [0.5, 0.6) is 0 Å². The van der Waals surface area contributed by atoms with Crippen LogP contribution in [-0.2, 0) is 19.1 Å². The molecule has 0 fully saturated rings. The van der Waals surface area contributed by atoms with Gasteiger partial charge in [-0.2, -0.15) is 0 Å². The van der Waals surface area contributed by atoms with Gasteiger partial charge in [0, 0.05) is 6.42 Å². The van der Waals surface area contributed by atoms with Crippen LogP contribution in [0.2, 0.25) is 0 Å². The summed E-state index contributed by atoms with van der Waals surface area (Å²) in [6, 6.07) is 0. The summed E-state index contributed by atoms with van der Waals surface area (Å²) in [4.78, 5) is 30.8. The Bertz CT molecular complexity index is 196. The molecule has 0 aliphatic heterocycles. The van der Waals surface area contributed by atoms with Gasteiger partial charge >= 0.3 is 11.9 Å². The Labute approximate surface area is 69.3 Å². The van der Waals surface area contributed by atoms with Crippen LogP contribution in [0.4, 0.5) is 0 Å². The Kier molecular flexibility index (Phi) is 4.67. The molecule has 0 aliphatic rings. The summed E-state index contributed by atoms with van der Waals surface area (Å²) in [7, 11) is 0. The first-order valence-electron chi connectivity index (χ1n) is 3.39. The number of esters is 1. The number of carboxylic acids is 1. The Morgan fingerprint density at radius 1 is 1.33 bits per heavy atom. The molecule has 0 bridgehead atoms. The SMILES string of the molecule is CC(=O)CCOC(=O)CC(=O)O. The van der Waals surface area contributed by atoms with E-state index in [1.165, 1.54) is 6.92 Å². The van der Waals surface area contributed by atoms with Gasteiger partial charge < -0.3 is 9.84 Å². The van der Waals surface area contributed by atoms with Crippen LogP contribution < -0.4 is 0 Å². The van der Waals surface area contributed by atoms with E-state index < -0.39 is 18.4 Å². The highest BCUT2D eigenvalue weighted by Gasteiger charge is 2.08. The van der Waals surface area contributed by atoms with Crippen LogP contribution >= 0.6 is 0 Å². The Balaban J connectivity index is 3.44. The fourth-order valence-electron chi connectivity index (χ4n) is 0.483. The van der Waals surface area contributed by atoms with Crippen molar-refractivity contribution in [2.45, 2.75) is 19.8 Å². The summed E-state index contributed by atoms with van der Waals surface area (Å²) < 4.78 is 4.42. The minimum Gasteiger partial charge on any atom is -0.481 e. The quantitative estimate of drug-likeness (QED) is 0.468. The molecule has 0 saturated carbocycles. The molecule has 0 amide bonds. The minimum absolute atomic E-state index is 0.0402. The Morgan fingerprint density at radius 2 is 1.92 bits per heavy atom. The summed E-state index contributed by atoms with van der Waals surface area (Å²) in [6.45, 7) is 1.33. The summed E-state index contributed by atoms with van der Waals surface area (Å²) in [5, 5.41) is 8.12. The first-order chi connectivity index (χ1) is 5.52. The van der Waals surface area contributed by atoms with Crippen molar-refractivity contribution in [3.63, 3.8) is 0 Å². The smallest absolute Gasteiger partial charge is 0.317 e. The average molecular weight is 174 g/mol. The number of aliphatic carboxylic acids is 1. The summed E-state index contributed by atoms with van der Waals surface area (Å²) >= 11 is 0. The van der Waals surface area contributed by atoms with Crippen LogP contribution in [-0.4, -0.2) is 29.4 Å². The Hall–Kier alpha value is -1.39. The molecule has 5 nitrogen and oxygen atoms in total. The van der Waals surface area contributed by atoms with E-state index in [0.29, 0.717) is 0 Å². The maximum atomic E-state index is 10.5. The number of hydrogen-bond acceptors (Lipinski definition) is 4. The standard InChI is InChI=1S/C7H10O5/c1-5(8)2-3-12-7(11)4-6(9)10/h2-4H2,1H3,(H,9,10). The van der Waals surface area contributed by atoms with Gasteiger partial charge in [0.1, 0.15) is 12.2 Å². The van der Waals surface area contributed by atoms with Crippen molar-refractivity contribution >= 4 is 17.7 Å². The zero-order valence-electron chi connectivity index (χ0n) is 6.70. The van der Waals surface area contributed by atoms with E-state index in [4.69, 9.17) is 5.11 Å². The molecule has 12 heavy (non-hydrogen) atoms. The molecule has 0 aromatic rings. The van der Waals surface area contributed by atoms with Gasteiger partial charge in [-0.15, -0.1) is 0 Å². The summed E-state index contributed by atoms with van der Waals surface area (Å²) in [6.07, 6.45) is -0.525. The molecule has 68 valence electrons. The molecule has 0 saturated heterocycles. The number of ether oxygens (including phenoxy) is 1. The highest BCUT2D eigenvalue weighted by Crippen LogP contribution is 1.89. The summed E-state index contributed by atoms with van der Waals surface area (Å²) in [5.41, 5.74) is 0. The first kappa shape index (κ1) is 10.6. The molecule has 5 heteroatoms. The number of carbonyl (C=O) groups is 3. The average Bonchev–Trinajstić information content (AvgIpc) is 1.84. The predicted octanol–water partition coefficient (Wildman–Crippen LogP) is -0.0166. The number of rotatable bonds is 5. The third-order valence-corrected chi connectivity index (χ3v) is 1.01. The molecule has 0 rings (SSSR count). The number of carbonyl (C=O) groups excluding carboxylic acids is 2. The van der Waals surface area contributed by atoms with Gasteiger partial charge in [-0.1, -0.05) is 0 Å². The van der Waals surface area contributed by atoms with Crippen LogP contribution in [0.25, 0.3) is 0 Å². The first-order valence-corrected chi connectivity index (χ1v) is 3.39. The molecule has 0 heterocycles. The number of carboxylic acid groups (broad SMARTS) is 1. The van der Waals surface area contributed by atoms with Gasteiger partial charge in [0.25, 0.3) is 0 Å². The van der Waals surface area contributed by atoms with Gasteiger partial charge in [0.2, 0.25) is 0 Å². The van der Waals surface area contributed by atoms with E-state index in [-0.39, 0.29) is 18.8 Å². The van der Waals surface area contributed by atoms with Crippen LogP contribution in [0.1, 0.15) is 19.8 Å². The fraction of sp³-hybridized carbons (Fsp3) is 0.571. The zero-order chi connectivity index (χ0) is 9.56. The minimum atomic E-state index is -1.23. The lowest BCUT2D eigenvalue weighted by atomic mass is 10.3. The molecule has 0 radical (unpaired) electrons. The van der Waals surface area contributed by atoms with E-state index in [9.17, 15) is 14.4 Å². The molecule has 0 unspecified atom stereocenters. The lowest BCUT2D eigenvalue weighted by Crippen LogP contribution is -2.12. The molecule has 0 aromatic carbocycles. The van der Waals surface area contributed by atoms with Crippen molar-refractivity contribution in [2.24, 2.45) is 0 Å². The molecule has 0 aromatic heterocycles. The molecular formula is C7H10O5. The lowest BCUT2D eigenvalue weighted by molar-refractivity contribution is -0.151. The van der Waals surface area contributed by atoms with Gasteiger partial charge in [0.05, 0.1) is 6.61 Å². The van der Waals surface area contributed by atoms with Crippen LogP contribution in [0.15, 0.2) is 0 Å². The van der Waals surface area contributed by atoms with Crippen molar-refractivity contribution in [2.75, 3.05) is 6.61 Å². The second-order valence-electron chi connectivity index (χ2n) is 2.24. The highest BCUT2D eigenvalue weighted by molar-refractivity contribution is 5.90. The van der Waals surface area contributed by atoms with E-state index in [1.54, 1.807) is 0 Å². The number of ketones is 1. The van der Waals surface area contributed by atoms with Gasteiger partial charge in [0.15, 0.2) is 0 Å². The molecule has 0 aliphatic carbocycles. The maximum absolute atomic E-state index is 10.5. The Morgan fingerprint density at radius 3 is 2.33 bits per heavy atom. The molecule has 1 N–H and O–H groups in total. The second kappa shape index (κ2) is 5.29. The number of Topliss-reactive ketones (excluding diaryl/α,β-unsaturated/α-hetero) is 1. The highest BCUT2D eigenvalue weighted by atomic mass is 16.5. The lowest BCUT2D eigenvalue weighted by Gasteiger charge is -1.99. The molecule has 0 atom stereocenters. The van der Waals surface area contributed by atoms with Crippen LogP contribution in [0.3, 0.4) is 0 Å².